The lowest BCUT2D eigenvalue weighted by atomic mass is 10.2. The number of thiophene rings is 1. The molecule has 0 saturated carbocycles. The van der Waals surface area contributed by atoms with Crippen LogP contribution in [-0.4, -0.2) is 35.0 Å². The van der Waals surface area contributed by atoms with E-state index in [-0.39, 0.29) is 5.91 Å². The van der Waals surface area contributed by atoms with Gasteiger partial charge >= 0.3 is 5.97 Å². The molecule has 0 aliphatic heterocycles. The summed E-state index contributed by atoms with van der Waals surface area (Å²) in [4.78, 5) is 26.4. The Morgan fingerprint density at radius 2 is 1.81 bits per heavy atom. The molecule has 0 spiro atoms. The number of amides is 1. The lowest BCUT2D eigenvalue weighted by Gasteiger charge is -2.21. The van der Waals surface area contributed by atoms with Crippen LogP contribution in [-0.2, 0) is 4.79 Å². The van der Waals surface area contributed by atoms with E-state index in [4.69, 9.17) is 5.11 Å². The third kappa shape index (κ3) is 6.12. The Morgan fingerprint density at radius 1 is 1.19 bits per heavy atom. The minimum atomic E-state index is -0.983. The number of carbonyl (C=O) groups excluding carboxylic acids is 1. The number of rotatable bonds is 9. The summed E-state index contributed by atoms with van der Waals surface area (Å²) in [5, 5.41) is 8.62. The minimum absolute atomic E-state index is 0.0527. The first-order valence-electron chi connectivity index (χ1n) is 7.38. The highest BCUT2D eigenvalue weighted by Crippen LogP contribution is 2.20. The van der Waals surface area contributed by atoms with E-state index in [1.54, 1.807) is 12.1 Å². The summed E-state index contributed by atoms with van der Waals surface area (Å²) in [6.45, 7) is 5.80. The van der Waals surface area contributed by atoms with Gasteiger partial charge in [0.25, 0.3) is 5.91 Å². The van der Waals surface area contributed by atoms with Crippen molar-refractivity contribution < 1.29 is 14.7 Å². The maximum absolute atomic E-state index is 12.5. The van der Waals surface area contributed by atoms with Crippen molar-refractivity contribution in [3.63, 3.8) is 0 Å². The summed E-state index contributed by atoms with van der Waals surface area (Å²) in [6, 6.07) is 3.56. The Labute approximate surface area is 130 Å². The predicted octanol–water partition coefficient (Wildman–Crippen LogP) is 3.89. The zero-order valence-electron chi connectivity index (χ0n) is 12.7. The molecule has 0 aliphatic rings. The number of unbranched alkanes of at least 4 members (excludes halogenated alkanes) is 2. The zero-order chi connectivity index (χ0) is 15.7. The number of hydrogen-bond donors (Lipinski definition) is 1. The number of carbonyl (C=O) groups is 2. The third-order valence-corrected chi connectivity index (χ3v) is 4.12. The predicted molar refractivity (Wildman–Crippen MR) is 86.7 cm³/mol. The van der Waals surface area contributed by atoms with Crippen molar-refractivity contribution in [2.45, 2.75) is 39.5 Å². The number of carboxylic acid groups (broad SMARTS) is 1. The topological polar surface area (TPSA) is 57.6 Å². The quantitative estimate of drug-likeness (QED) is 0.704. The minimum Gasteiger partial charge on any atom is -0.478 e. The van der Waals surface area contributed by atoms with Crippen LogP contribution in [0.4, 0.5) is 0 Å². The first-order valence-corrected chi connectivity index (χ1v) is 8.20. The molecule has 1 aromatic heterocycles. The van der Waals surface area contributed by atoms with Gasteiger partial charge in [-0.3, -0.25) is 4.79 Å². The molecule has 0 fully saturated rings. The van der Waals surface area contributed by atoms with Crippen LogP contribution in [0.5, 0.6) is 0 Å². The number of nitrogens with zero attached hydrogens (tertiary/aromatic N) is 1. The third-order valence-electron chi connectivity index (χ3n) is 3.08. The summed E-state index contributed by atoms with van der Waals surface area (Å²) in [5.74, 6) is -0.930. The van der Waals surface area contributed by atoms with Crippen molar-refractivity contribution in [2.24, 2.45) is 0 Å². The van der Waals surface area contributed by atoms with Crippen molar-refractivity contribution in [2.75, 3.05) is 13.1 Å². The molecular formula is C16H23NO3S. The Bertz CT molecular complexity index is 485. The van der Waals surface area contributed by atoms with Gasteiger partial charge in [0.15, 0.2) is 0 Å². The maximum atomic E-state index is 12.5. The van der Waals surface area contributed by atoms with Crippen LogP contribution in [0.25, 0.3) is 6.08 Å². The highest BCUT2D eigenvalue weighted by molar-refractivity contribution is 7.14. The second kappa shape index (κ2) is 9.34. The number of aliphatic carboxylic acids is 1. The average Bonchev–Trinajstić information content (AvgIpc) is 2.93. The van der Waals surface area contributed by atoms with Crippen molar-refractivity contribution in [3.8, 4) is 0 Å². The van der Waals surface area contributed by atoms with Crippen LogP contribution in [0.3, 0.4) is 0 Å². The zero-order valence-corrected chi connectivity index (χ0v) is 13.5. The smallest absolute Gasteiger partial charge is 0.328 e. The van der Waals surface area contributed by atoms with E-state index in [1.165, 1.54) is 17.4 Å². The van der Waals surface area contributed by atoms with Gasteiger partial charge in [0.1, 0.15) is 0 Å². The van der Waals surface area contributed by atoms with Crippen LogP contribution in [0.1, 0.15) is 54.1 Å². The van der Waals surface area contributed by atoms with Gasteiger partial charge in [-0.2, -0.15) is 0 Å². The first-order chi connectivity index (χ1) is 10.1. The molecule has 1 heterocycles. The van der Waals surface area contributed by atoms with Crippen molar-refractivity contribution in [3.05, 3.63) is 28.0 Å². The van der Waals surface area contributed by atoms with E-state index in [2.05, 4.69) is 13.8 Å². The standard InChI is InChI=1S/C16H23NO3S/c1-3-5-11-17(12-6-4-2)16(20)14-9-7-13(21-14)8-10-15(18)19/h7-10H,3-6,11-12H2,1-2H3,(H,18,19). The van der Waals surface area contributed by atoms with E-state index in [0.717, 1.165) is 49.7 Å². The van der Waals surface area contributed by atoms with Crippen molar-refractivity contribution in [1.29, 1.82) is 0 Å². The molecule has 0 aliphatic carbocycles. The van der Waals surface area contributed by atoms with E-state index in [1.807, 2.05) is 4.90 Å². The van der Waals surface area contributed by atoms with Crippen LogP contribution in [0.15, 0.2) is 18.2 Å². The second-order valence-corrected chi connectivity index (χ2v) is 5.99. The molecule has 1 aromatic rings. The molecule has 21 heavy (non-hydrogen) atoms. The lowest BCUT2D eigenvalue weighted by Crippen LogP contribution is -2.32. The van der Waals surface area contributed by atoms with Crippen LogP contribution < -0.4 is 0 Å². The van der Waals surface area contributed by atoms with Crippen molar-refractivity contribution >= 4 is 29.3 Å². The van der Waals surface area contributed by atoms with Gasteiger partial charge in [-0.15, -0.1) is 11.3 Å². The Balaban J connectivity index is 2.75. The van der Waals surface area contributed by atoms with Gasteiger partial charge in [0, 0.05) is 24.0 Å². The van der Waals surface area contributed by atoms with Crippen molar-refractivity contribution in [1.82, 2.24) is 4.90 Å². The summed E-state index contributed by atoms with van der Waals surface area (Å²) in [5.41, 5.74) is 0. The van der Waals surface area contributed by atoms with Gasteiger partial charge in [0.2, 0.25) is 0 Å². The largest absolute Gasteiger partial charge is 0.478 e. The second-order valence-electron chi connectivity index (χ2n) is 4.87. The van der Waals surface area contributed by atoms with Crippen LogP contribution in [0, 0.1) is 0 Å². The number of carboxylic acids is 1. The summed E-state index contributed by atoms with van der Waals surface area (Å²) in [6.07, 6.45) is 6.75. The average molecular weight is 309 g/mol. The monoisotopic (exact) mass is 309 g/mol. The fourth-order valence-electron chi connectivity index (χ4n) is 1.88. The molecule has 0 radical (unpaired) electrons. The Morgan fingerprint density at radius 3 is 2.33 bits per heavy atom. The maximum Gasteiger partial charge on any atom is 0.328 e. The van der Waals surface area contributed by atoms with Crippen LogP contribution in [0.2, 0.25) is 0 Å². The molecule has 0 atom stereocenters. The van der Waals surface area contributed by atoms with Gasteiger partial charge in [-0.25, -0.2) is 4.79 Å². The molecule has 4 nitrogen and oxygen atoms in total. The van der Waals surface area contributed by atoms with Gasteiger partial charge in [-0.1, -0.05) is 26.7 Å². The molecule has 0 bridgehead atoms. The molecule has 1 N–H and O–H groups in total. The summed E-state index contributed by atoms with van der Waals surface area (Å²) < 4.78 is 0. The van der Waals surface area contributed by atoms with Gasteiger partial charge in [-0.05, 0) is 31.1 Å². The molecule has 1 amide bonds. The molecule has 0 aromatic carbocycles. The van der Waals surface area contributed by atoms with E-state index >= 15 is 0 Å². The molecule has 5 heteroatoms. The molecular weight excluding hydrogens is 286 g/mol. The highest BCUT2D eigenvalue weighted by Gasteiger charge is 2.16. The van der Waals surface area contributed by atoms with E-state index < -0.39 is 5.97 Å². The van der Waals surface area contributed by atoms with E-state index in [9.17, 15) is 9.59 Å². The summed E-state index contributed by atoms with van der Waals surface area (Å²) >= 11 is 1.34. The fraction of sp³-hybridized carbons (Fsp3) is 0.500. The Hall–Kier alpha value is -1.62. The molecule has 0 unspecified atom stereocenters. The molecule has 116 valence electrons. The lowest BCUT2D eigenvalue weighted by molar-refractivity contribution is -0.131. The number of hydrogen-bond acceptors (Lipinski definition) is 3. The fourth-order valence-corrected chi connectivity index (χ4v) is 2.76. The SMILES string of the molecule is CCCCN(CCCC)C(=O)c1ccc(C=CC(=O)O)s1. The van der Waals surface area contributed by atoms with Gasteiger partial charge < -0.3 is 10.0 Å². The molecule has 0 saturated heterocycles. The van der Waals surface area contributed by atoms with Gasteiger partial charge in [0.05, 0.1) is 4.88 Å². The highest BCUT2D eigenvalue weighted by atomic mass is 32.1. The van der Waals surface area contributed by atoms with Crippen LogP contribution >= 0.6 is 11.3 Å². The normalized spacial score (nSPS) is 11.0. The summed E-state index contributed by atoms with van der Waals surface area (Å²) in [7, 11) is 0. The van der Waals surface area contributed by atoms with E-state index in [0.29, 0.717) is 4.88 Å². The Kier molecular flexibility index (Phi) is 7.75. The molecule has 1 rings (SSSR count). The first kappa shape index (κ1) is 17.4.